The van der Waals surface area contributed by atoms with Crippen molar-refractivity contribution in [2.24, 2.45) is 0 Å². The third kappa shape index (κ3) is 5.24. The zero-order valence-corrected chi connectivity index (χ0v) is 16.7. The number of allylic oxidation sites excluding steroid dienone is 1. The molecule has 2 amide bonds. The molecule has 0 aliphatic carbocycles. The molecule has 0 saturated carbocycles. The van der Waals surface area contributed by atoms with E-state index < -0.39 is 5.92 Å². The van der Waals surface area contributed by atoms with Crippen LogP contribution in [0.2, 0.25) is 0 Å². The molecule has 5 nitrogen and oxygen atoms in total. The number of carbonyl (C=O) groups excluding carboxylic acids is 2. The molecule has 0 unspecified atom stereocenters. The second-order valence-electron chi connectivity index (χ2n) is 6.60. The van der Waals surface area contributed by atoms with Gasteiger partial charge in [-0.3, -0.25) is 9.59 Å². The minimum atomic E-state index is -0.457. The molecule has 0 spiro atoms. The van der Waals surface area contributed by atoms with Gasteiger partial charge in [-0.2, -0.15) is 5.26 Å². The number of nitrogens with one attached hydrogen (secondary N) is 2. The van der Waals surface area contributed by atoms with Crippen LogP contribution in [0, 0.1) is 17.1 Å². The Bertz CT molecular complexity index is 979. The van der Waals surface area contributed by atoms with E-state index in [0.29, 0.717) is 21.9 Å². The van der Waals surface area contributed by atoms with Crippen molar-refractivity contribution in [3.63, 3.8) is 0 Å². The number of nitriles is 1. The summed E-state index contributed by atoms with van der Waals surface area (Å²) in [6.07, 6.45) is 1.03. The van der Waals surface area contributed by atoms with Crippen LogP contribution in [0.3, 0.4) is 0 Å². The second-order valence-corrected chi connectivity index (χ2v) is 7.58. The second kappa shape index (κ2) is 9.39. The molecule has 1 heterocycles. The van der Waals surface area contributed by atoms with Gasteiger partial charge in [-0.25, -0.2) is 4.39 Å². The van der Waals surface area contributed by atoms with E-state index in [4.69, 9.17) is 0 Å². The number of amides is 2. The number of benzene rings is 2. The van der Waals surface area contributed by atoms with Crippen molar-refractivity contribution in [1.82, 2.24) is 5.32 Å². The monoisotopic (exact) mass is 409 g/mol. The fourth-order valence-corrected chi connectivity index (χ4v) is 3.95. The van der Waals surface area contributed by atoms with Crippen LogP contribution in [0.5, 0.6) is 0 Å². The van der Waals surface area contributed by atoms with Gasteiger partial charge in [0.1, 0.15) is 5.82 Å². The van der Waals surface area contributed by atoms with E-state index in [1.807, 2.05) is 24.3 Å². The Labute approximate surface area is 173 Å². The van der Waals surface area contributed by atoms with Gasteiger partial charge in [-0.1, -0.05) is 43.0 Å². The fraction of sp³-hybridized carbons (Fsp3) is 0.227. The van der Waals surface area contributed by atoms with Crippen molar-refractivity contribution in [2.45, 2.75) is 25.7 Å². The van der Waals surface area contributed by atoms with Crippen LogP contribution in [-0.2, 0) is 16.0 Å². The highest BCUT2D eigenvalue weighted by atomic mass is 32.2. The lowest BCUT2D eigenvalue weighted by atomic mass is 9.87. The minimum absolute atomic E-state index is 0.0481. The lowest BCUT2D eigenvalue weighted by Gasteiger charge is -2.25. The first-order valence-electron chi connectivity index (χ1n) is 9.21. The van der Waals surface area contributed by atoms with Crippen LogP contribution < -0.4 is 10.6 Å². The standard InChI is InChI=1S/C22H20FN3O2S/c1-2-14-3-9-17(10-4-14)25-21(28)13-29-22-19(12-24)18(11-20(27)26-22)15-5-7-16(23)8-6-15/h3-10,18H,2,11,13H2,1H3,(H,25,28)(H,26,27)/t18-/m1/s1. The van der Waals surface area contributed by atoms with Gasteiger partial charge in [0.2, 0.25) is 11.8 Å². The first-order valence-corrected chi connectivity index (χ1v) is 10.2. The summed E-state index contributed by atoms with van der Waals surface area (Å²) in [4.78, 5) is 24.4. The van der Waals surface area contributed by atoms with E-state index in [-0.39, 0.29) is 29.8 Å². The number of thioether (sulfide) groups is 1. The summed E-state index contributed by atoms with van der Waals surface area (Å²) in [6.45, 7) is 2.06. The maximum Gasteiger partial charge on any atom is 0.234 e. The number of carbonyl (C=O) groups is 2. The Morgan fingerprint density at radius 2 is 1.93 bits per heavy atom. The van der Waals surface area contributed by atoms with Crippen LogP contribution in [0.25, 0.3) is 0 Å². The van der Waals surface area contributed by atoms with Gasteiger partial charge in [-0.15, -0.1) is 0 Å². The quantitative estimate of drug-likeness (QED) is 0.753. The molecule has 1 aliphatic heterocycles. The van der Waals surface area contributed by atoms with Crippen molar-refractivity contribution < 1.29 is 14.0 Å². The molecule has 0 saturated heterocycles. The molecule has 2 aromatic rings. The predicted molar refractivity (Wildman–Crippen MR) is 111 cm³/mol. The Kier molecular flexibility index (Phi) is 6.68. The average Bonchev–Trinajstić information content (AvgIpc) is 2.73. The Balaban J connectivity index is 1.71. The van der Waals surface area contributed by atoms with E-state index in [9.17, 15) is 19.2 Å². The highest BCUT2D eigenvalue weighted by Gasteiger charge is 2.29. The van der Waals surface area contributed by atoms with Gasteiger partial charge in [0, 0.05) is 18.0 Å². The van der Waals surface area contributed by atoms with Crippen molar-refractivity contribution in [1.29, 1.82) is 5.26 Å². The Morgan fingerprint density at radius 3 is 2.55 bits per heavy atom. The third-order valence-corrected chi connectivity index (χ3v) is 5.64. The number of halogens is 1. The number of anilines is 1. The lowest BCUT2D eigenvalue weighted by molar-refractivity contribution is -0.121. The van der Waals surface area contributed by atoms with E-state index in [1.165, 1.54) is 17.7 Å². The van der Waals surface area contributed by atoms with Gasteiger partial charge in [0.25, 0.3) is 0 Å². The van der Waals surface area contributed by atoms with Crippen LogP contribution in [0.15, 0.2) is 59.1 Å². The summed E-state index contributed by atoms with van der Waals surface area (Å²) < 4.78 is 13.2. The fourth-order valence-electron chi connectivity index (χ4n) is 3.07. The van der Waals surface area contributed by atoms with Crippen molar-refractivity contribution >= 4 is 29.3 Å². The Morgan fingerprint density at radius 1 is 1.24 bits per heavy atom. The topological polar surface area (TPSA) is 82.0 Å². The largest absolute Gasteiger partial charge is 0.325 e. The SMILES string of the molecule is CCc1ccc(NC(=O)CSC2=C(C#N)[C@@H](c3ccc(F)cc3)CC(=O)N2)cc1. The first-order chi connectivity index (χ1) is 14.0. The zero-order valence-electron chi connectivity index (χ0n) is 15.9. The molecule has 3 rings (SSSR count). The molecule has 0 fully saturated rings. The molecular formula is C22H20FN3O2S. The molecule has 0 radical (unpaired) electrons. The third-order valence-electron chi connectivity index (χ3n) is 4.62. The molecular weight excluding hydrogens is 389 g/mol. The summed E-state index contributed by atoms with van der Waals surface area (Å²) in [6, 6.07) is 15.5. The maximum absolute atomic E-state index is 13.2. The summed E-state index contributed by atoms with van der Waals surface area (Å²) in [5, 5.41) is 15.5. The van der Waals surface area contributed by atoms with Crippen molar-refractivity contribution in [3.05, 3.63) is 76.1 Å². The van der Waals surface area contributed by atoms with Crippen molar-refractivity contribution in [2.75, 3.05) is 11.1 Å². The Hall–Kier alpha value is -3.11. The number of rotatable bonds is 6. The molecule has 29 heavy (non-hydrogen) atoms. The number of aryl methyl sites for hydroxylation is 1. The van der Waals surface area contributed by atoms with Crippen LogP contribution >= 0.6 is 11.8 Å². The number of nitrogens with zero attached hydrogens (tertiary/aromatic N) is 1. The van der Waals surface area contributed by atoms with Crippen LogP contribution in [0.4, 0.5) is 10.1 Å². The summed E-state index contributed by atoms with van der Waals surface area (Å²) in [5.74, 6) is -1.26. The summed E-state index contributed by atoms with van der Waals surface area (Å²) in [7, 11) is 0. The van der Waals surface area contributed by atoms with E-state index in [0.717, 1.165) is 18.2 Å². The lowest BCUT2D eigenvalue weighted by Crippen LogP contribution is -2.31. The van der Waals surface area contributed by atoms with E-state index >= 15 is 0 Å². The zero-order chi connectivity index (χ0) is 20.8. The van der Waals surface area contributed by atoms with Crippen LogP contribution in [0.1, 0.15) is 30.4 Å². The van der Waals surface area contributed by atoms with Crippen molar-refractivity contribution in [3.8, 4) is 6.07 Å². The normalized spacial score (nSPS) is 16.2. The molecule has 148 valence electrons. The van der Waals surface area contributed by atoms with E-state index in [2.05, 4.69) is 23.6 Å². The highest BCUT2D eigenvalue weighted by Crippen LogP contribution is 2.35. The first kappa shape index (κ1) is 20.6. The van der Waals surface area contributed by atoms with E-state index in [1.54, 1.807) is 12.1 Å². The maximum atomic E-state index is 13.2. The van der Waals surface area contributed by atoms with Gasteiger partial charge in [-0.05, 0) is 41.8 Å². The average molecular weight is 409 g/mol. The number of hydrogen-bond acceptors (Lipinski definition) is 4. The minimum Gasteiger partial charge on any atom is -0.325 e. The summed E-state index contributed by atoms with van der Waals surface area (Å²) in [5.41, 5.74) is 2.94. The summed E-state index contributed by atoms with van der Waals surface area (Å²) >= 11 is 1.11. The molecule has 2 aromatic carbocycles. The highest BCUT2D eigenvalue weighted by molar-refractivity contribution is 8.03. The number of hydrogen-bond donors (Lipinski definition) is 2. The van der Waals surface area contributed by atoms with Gasteiger partial charge >= 0.3 is 0 Å². The molecule has 0 aromatic heterocycles. The molecule has 2 N–H and O–H groups in total. The molecule has 0 bridgehead atoms. The van der Waals surface area contributed by atoms with Gasteiger partial charge in [0.05, 0.1) is 22.4 Å². The molecule has 1 atom stereocenters. The predicted octanol–water partition coefficient (Wildman–Crippen LogP) is 4.10. The van der Waals surface area contributed by atoms with Crippen LogP contribution in [-0.4, -0.2) is 17.6 Å². The van der Waals surface area contributed by atoms with Gasteiger partial charge in [0.15, 0.2) is 0 Å². The van der Waals surface area contributed by atoms with Gasteiger partial charge < -0.3 is 10.6 Å². The molecule has 1 aliphatic rings. The molecule has 7 heteroatoms. The smallest absolute Gasteiger partial charge is 0.234 e.